The zero-order chi connectivity index (χ0) is 22.6. The topological polar surface area (TPSA) is 89.1 Å². The van der Waals surface area contributed by atoms with Crippen molar-refractivity contribution < 1.29 is 23.8 Å². The monoisotopic (exact) mass is 455 g/mol. The molecule has 1 aromatic carbocycles. The minimum absolute atomic E-state index is 0.0738. The first-order valence-electron chi connectivity index (χ1n) is 10.8. The lowest BCUT2D eigenvalue weighted by atomic mass is 10.1. The third-order valence-corrected chi connectivity index (χ3v) is 5.49. The van der Waals surface area contributed by atoms with E-state index in [2.05, 4.69) is 15.5 Å². The molecular weight excluding hydrogens is 422 g/mol. The number of esters is 1. The summed E-state index contributed by atoms with van der Waals surface area (Å²) < 4.78 is 16.1. The Morgan fingerprint density at radius 2 is 2.10 bits per heavy atom. The highest BCUT2D eigenvalue weighted by Crippen LogP contribution is 2.30. The van der Waals surface area contributed by atoms with Crippen LogP contribution in [0.5, 0.6) is 5.75 Å². The second kappa shape index (κ2) is 13.4. The summed E-state index contributed by atoms with van der Waals surface area (Å²) in [6.07, 6.45) is 3.26. The Bertz CT molecular complexity index is 731. The van der Waals surface area contributed by atoms with E-state index >= 15 is 0 Å². The second-order valence-electron chi connectivity index (χ2n) is 7.40. The van der Waals surface area contributed by atoms with Crippen LogP contribution in [0.1, 0.15) is 43.0 Å². The van der Waals surface area contributed by atoms with Gasteiger partial charge in [0.1, 0.15) is 5.75 Å². The number of nitrogens with zero attached hydrogens (tertiary/aromatic N) is 1. The van der Waals surface area contributed by atoms with Gasteiger partial charge in [-0.2, -0.15) is 0 Å². The lowest BCUT2D eigenvalue weighted by Gasteiger charge is -2.33. The number of rotatable bonds is 12. The van der Waals surface area contributed by atoms with Crippen LogP contribution in [0.4, 0.5) is 5.69 Å². The first kappa shape index (κ1) is 25.2. The number of unbranched alkanes of at least 4 members (excludes halogenated alkanes) is 2. The summed E-state index contributed by atoms with van der Waals surface area (Å²) in [7, 11) is 3.28. The zero-order valence-corrected chi connectivity index (χ0v) is 19.4. The first-order chi connectivity index (χ1) is 15.0. The van der Waals surface area contributed by atoms with Crippen LogP contribution in [-0.2, 0) is 14.3 Å². The van der Waals surface area contributed by atoms with Crippen molar-refractivity contribution in [2.45, 2.75) is 38.7 Å². The molecule has 8 nitrogen and oxygen atoms in total. The molecule has 0 radical (unpaired) electrons. The van der Waals surface area contributed by atoms with Crippen molar-refractivity contribution in [3.05, 3.63) is 22.7 Å². The van der Waals surface area contributed by atoms with Crippen LogP contribution in [0.25, 0.3) is 0 Å². The summed E-state index contributed by atoms with van der Waals surface area (Å²) in [4.78, 5) is 26.4. The Morgan fingerprint density at radius 3 is 2.81 bits per heavy atom. The molecule has 2 N–H and O–H groups in total. The molecule has 1 amide bonds. The molecule has 1 fully saturated rings. The first-order valence-corrected chi connectivity index (χ1v) is 11.2. The Balaban J connectivity index is 1.75. The molecule has 0 aliphatic carbocycles. The predicted molar refractivity (Wildman–Crippen MR) is 121 cm³/mol. The van der Waals surface area contributed by atoms with E-state index in [-0.39, 0.29) is 18.0 Å². The third-order valence-electron chi connectivity index (χ3n) is 5.18. The number of carbonyl (C=O) groups excluding carboxylic acids is 2. The highest BCUT2D eigenvalue weighted by molar-refractivity contribution is 6.33. The Morgan fingerprint density at radius 1 is 1.29 bits per heavy atom. The van der Waals surface area contributed by atoms with Crippen molar-refractivity contribution in [3.63, 3.8) is 0 Å². The maximum absolute atomic E-state index is 12.7. The molecule has 0 bridgehead atoms. The summed E-state index contributed by atoms with van der Waals surface area (Å²) in [5.74, 6) is 0.0875. The van der Waals surface area contributed by atoms with Crippen molar-refractivity contribution in [3.8, 4) is 5.75 Å². The molecule has 0 saturated carbocycles. The lowest BCUT2D eigenvalue weighted by Crippen LogP contribution is -2.47. The molecule has 1 unspecified atom stereocenters. The number of benzene rings is 1. The van der Waals surface area contributed by atoms with Gasteiger partial charge in [0.05, 0.1) is 42.7 Å². The molecule has 1 aliphatic rings. The molecule has 1 saturated heterocycles. The number of amides is 1. The molecule has 1 aliphatic heterocycles. The average Bonchev–Trinajstić information content (AvgIpc) is 2.77. The number of ether oxygens (including phenoxy) is 3. The van der Waals surface area contributed by atoms with Gasteiger partial charge >= 0.3 is 5.97 Å². The van der Waals surface area contributed by atoms with Crippen LogP contribution < -0.4 is 15.4 Å². The molecule has 174 valence electrons. The minimum atomic E-state index is -0.249. The van der Waals surface area contributed by atoms with E-state index in [1.54, 1.807) is 19.2 Å². The molecular formula is C22H34ClN3O5. The van der Waals surface area contributed by atoms with Gasteiger partial charge in [0.2, 0.25) is 0 Å². The quantitative estimate of drug-likeness (QED) is 0.370. The van der Waals surface area contributed by atoms with E-state index < -0.39 is 0 Å². The number of nitrogens with one attached hydrogen (secondary N) is 2. The third kappa shape index (κ3) is 8.20. The Hall–Kier alpha value is -2.03. The number of anilines is 1. The van der Waals surface area contributed by atoms with Gasteiger partial charge in [-0.05, 0) is 32.4 Å². The van der Waals surface area contributed by atoms with Crippen molar-refractivity contribution in [2.75, 3.05) is 58.9 Å². The number of morpholine rings is 1. The maximum atomic E-state index is 12.7. The minimum Gasteiger partial charge on any atom is -0.496 e. The van der Waals surface area contributed by atoms with E-state index in [0.717, 1.165) is 38.9 Å². The molecule has 0 spiro atoms. The standard InChI is InChI=1S/C22H34ClN3O5/c1-4-30-21(27)8-6-5-7-9-26-10-11-31-16(15-26)14-25-22(28)17-12-18(23)19(24-2)13-20(17)29-3/h12-13,16,24H,4-11,14-15H2,1-3H3,(H,25,28). The molecule has 1 heterocycles. The molecule has 2 rings (SSSR count). The van der Waals surface area contributed by atoms with Crippen molar-refractivity contribution in [1.82, 2.24) is 10.2 Å². The Labute approximate surface area is 189 Å². The number of hydrogen-bond donors (Lipinski definition) is 2. The fraction of sp³-hybridized carbons (Fsp3) is 0.636. The van der Waals surface area contributed by atoms with Crippen molar-refractivity contribution in [1.29, 1.82) is 0 Å². The maximum Gasteiger partial charge on any atom is 0.305 e. The van der Waals surface area contributed by atoms with Crippen molar-refractivity contribution in [2.24, 2.45) is 0 Å². The van der Waals surface area contributed by atoms with Crippen LogP contribution >= 0.6 is 11.6 Å². The number of carbonyl (C=O) groups is 2. The van der Waals surface area contributed by atoms with Crippen LogP contribution in [0.2, 0.25) is 5.02 Å². The van der Waals surface area contributed by atoms with Crippen molar-refractivity contribution >= 4 is 29.2 Å². The average molecular weight is 456 g/mol. The number of halogens is 1. The van der Waals surface area contributed by atoms with Crippen LogP contribution in [0.15, 0.2) is 12.1 Å². The van der Waals surface area contributed by atoms with Crippen LogP contribution in [0.3, 0.4) is 0 Å². The van der Waals surface area contributed by atoms with E-state index in [1.165, 1.54) is 7.11 Å². The molecule has 0 aromatic heterocycles. The summed E-state index contributed by atoms with van der Waals surface area (Å²) in [6.45, 7) is 5.88. The molecule has 31 heavy (non-hydrogen) atoms. The summed E-state index contributed by atoms with van der Waals surface area (Å²) >= 11 is 6.22. The zero-order valence-electron chi connectivity index (χ0n) is 18.7. The van der Waals surface area contributed by atoms with Gasteiger partial charge in [0, 0.05) is 39.2 Å². The smallest absolute Gasteiger partial charge is 0.305 e. The van der Waals surface area contributed by atoms with Crippen LogP contribution in [0, 0.1) is 0 Å². The van der Waals surface area contributed by atoms with Gasteiger partial charge in [-0.3, -0.25) is 14.5 Å². The second-order valence-corrected chi connectivity index (χ2v) is 7.81. The SMILES string of the molecule is CCOC(=O)CCCCCN1CCOC(CNC(=O)c2cc(Cl)c(NC)cc2OC)C1. The van der Waals surface area contributed by atoms with Gasteiger partial charge in [-0.15, -0.1) is 0 Å². The molecule has 1 atom stereocenters. The van der Waals surface area contributed by atoms with Gasteiger partial charge in [0.25, 0.3) is 5.91 Å². The largest absolute Gasteiger partial charge is 0.496 e. The Kier molecular flexibility index (Phi) is 10.9. The highest BCUT2D eigenvalue weighted by Gasteiger charge is 2.22. The highest BCUT2D eigenvalue weighted by atomic mass is 35.5. The van der Waals surface area contributed by atoms with Gasteiger partial charge in [0.15, 0.2) is 0 Å². The molecule has 1 aromatic rings. The van der Waals surface area contributed by atoms with E-state index in [0.29, 0.717) is 48.2 Å². The van der Waals surface area contributed by atoms with E-state index in [9.17, 15) is 9.59 Å². The number of methoxy groups -OCH3 is 1. The van der Waals surface area contributed by atoms with Gasteiger partial charge < -0.3 is 24.8 Å². The fourth-order valence-electron chi connectivity index (χ4n) is 3.51. The normalized spacial score (nSPS) is 16.6. The van der Waals surface area contributed by atoms with Gasteiger partial charge in [-0.25, -0.2) is 0 Å². The fourth-order valence-corrected chi connectivity index (χ4v) is 3.77. The van der Waals surface area contributed by atoms with Gasteiger partial charge in [-0.1, -0.05) is 18.0 Å². The van der Waals surface area contributed by atoms with E-state index in [1.807, 2.05) is 6.92 Å². The van der Waals surface area contributed by atoms with E-state index in [4.69, 9.17) is 25.8 Å². The van der Waals surface area contributed by atoms with Crippen LogP contribution in [-0.4, -0.2) is 76.4 Å². The number of hydrogen-bond acceptors (Lipinski definition) is 7. The predicted octanol–water partition coefficient (Wildman–Crippen LogP) is 2.94. The summed E-state index contributed by atoms with van der Waals surface area (Å²) in [5, 5.41) is 6.35. The summed E-state index contributed by atoms with van der Waals surface area (Å²) in [6, 6.07) is 3.31. The molecule has 9 heteroatoms. The lowest BCUT2D eigenvalue weighted by molar-refractivity contribution is -0.143. The summed E-state index contributed by atoms with van der Waals surface area (Å²) in [5.41, 5.74) is 1.09.